The fourth-order valence-electron chi connectivity index (χ4n) is 1.63. The number of halogens is 2. The van der Waals surface area contributed by atoms with Crippen LogP contribution in [0.1, 0.15) is 11.1 Å². The standard InChI is InChI=1S/C14H9F2NOS/c15-12-6-1-2-7-13(12)19(18)9-11-5-3-4-10(8-17)14(11)16/h1-7H,9H2. The lowest BCUT2D eigenvalue weighted by atomic mass is 10.1. The fraction of sp³-hybridized carbons (Fsp3) is 0.0714. The van der Waals surface area contributed by atoms with Gasteiger partial charge in [-0.05, 0) is 18.2 Å². The Morgan fingerprint density at radius 2 is 1.84 bits per heavy atom. The Labute approximate surface area is 111 Å². The monoisotopic (exact) mass is 277 g/mol. The van der Waals surface area contributed by atoms with Crippen molar-refractivity contribution in [2.24, 2.45) is 0 Å². The van der Waals surface area contributed by atoms with Gasteiger partial charge in [-0.2, -0.15) is 5.26 Å². The minimum Gasteiger partial charge on any atom is -0.254 e. The number of nitrogens with zero attached hydrogens (tertiary/aromatic N) is 1. The molecular weight excluding hydrogens is 268 g/mol. The van der Waals surface area contributed by atoms with Gasteiger partial charge in [0.05, 0.1) is 27.0 Å². The molecule has 19 heavy (non-hydrogen) atoms. The van der Waals surface area contributed by atoms with Gasteiger partial charge < -0.3 is 0 Å². The van der Waals surface area contributed by atoms with Crippen molar-refractivity contribution in [3.8, 4) is 6.07 Å². The second-order valence-corrected chi connectivity index (χ2v) is 5.23. The van der Waals surface area contributed by atoms with Crippen molar-refractivity contribution in [3.05, 3.63) is 65.2 Å². The zero-order chi connectivity index (χ0) is 13.8. The lowest BCUT2D eigenvalue weighted by molar-refractivity contribution is 0.593. The van der Waals surface area contributed by atoms with Gasteiger partial charge in [-0.25, -0.2) is 8.78 Å². The van der Waals surface area contributed by atoms with Crippen LogP contribution in [-0.2, 0) is 16.6 Å². The molecule has 0 spiro atoms. The van der Waals surface area contributed by atoms with Crippen molar-refractivity contribution in [1.29, 1.82) is 5.26 Å². The van der Waals surface area contributed by atoms with E-state index < -0.39 is 22.4 Å². The van der Waals surface area contributed by atoms with Gasteiger partial charge in [0, 0.05) is 5.56 Å². The van der Waals surface area contributed by atoms with Crippen molar-refractivity contribution < 1.29 is 13.0 Å². The molecule has 96 valence electrons. The molecule has 0 aliphatic carbocycles. The highest BCUT2D eigenvalue weighted by atomic mass is 32.2. The number of benzene rings is 2. The molecule has 2 nitrogen and oxygen atoms in total. The molecule has 2 aromatic carbocycles. The quantitative estimate of drug-likeness (QED) is 0.864. The predicted molar refractivity (Wildman–Crippen MR) is 67.6 cm³/mol. The first-order chi connectivity index (χ1) is 9.13. The molecule has 0 aliphatic heterocycles. The maximum absolute atomic E-state index is 13.8. The van der Waals surface area contributed by atoms with Gasteiger partial charge in [0.15, 0.2) is 0 Å². The SMILES string of the molecule is N#Cc1cccc(CS(=O)c2ccccc2F)c1F. The van der Waals surface area contributed by atoms with E-state index in [1.807, 2.05) is 0 Å². The van der Waals surface area contributed by atoms with Crippen LogP contribution in [0.2, 0.25) is 0 Å². The third kappa shape index (κ3) is 2.85. The molecule has 0 N–H and O–H groups in total. The Morgan fingerprint density at radius 1 is 1.11 bits per heavy atom. The summed E-state index contributed by atoms with van der Waals surface area (Å²) in [6.45, 7) is 0. The first-order valence-electron chi connectivity index (χ1n) is 5.44. The van der Waals surface area contributed by atoms with Crippen molar-refractivity contribution in [2.75, 3.05) is 0 Å². The summed E-state index contributed by atoms with van der Waals surface area (Å²) < 4.78 is 39.3. The number of nitriles is 1. The molecule has 0 bridgehead atoms. The largest absolute Gasteiger partial charge is 0.254 e. The molecule has 0 fully saturated rings. The average Bonchev–Trinajstić information content (AvgIpc) is 2.41. The zero-order valence-electron chi connectivity index (χ0n) is 9.77. The zero-order valence-corrected chi connectivity index (χ0v) is 10.6. The fourth-order valence-corrected chi connectivity index (χ4v) is 2.80. The van der Waals surface area contributed by atoms with Gasteiger partial charge in [0.2, 0.25) is 0 Å². The van der Waals surface area contributed by atoms with Gasteiger partial charge >= 0.3 is 0 Å². The molecule has 0 aliphatic rings. The molecule has 2 aromatic rings. The maximum Gasteiger partial charge on any atom is 0.145 e. The first-order valence-corrected chi connectivity index (χ1v) is 6.75. The first kappa shape index (κ1) is 13.4. The van der Waals surface area contributed by atoms with Crippen LogP contribution >= 0.6 is 0 Å². The smallest absolute Gasteiger partial charge is 0.145 e. The van der Waals surface area contributed by atoms with Gasteiger partial charge in [-0.3, -0.25) is 4.21 Å². The minimum atomic E-state index is -1.69. The maximum atomic E-state index is 13.8. The van der Waals surface area contributed by atoms with E-state index in [-0.39, 0.29) is 21.8 Å². The third-order valence-corrected chi connectivity index (χ3v) is 3.96. The summed E-state index contributed by atoms with van der Waals surface area (Å²) in [5, 5.41) is 8.71. The Kier molecular flexibility index (Phi) is 4.03. The number of hydrogen-bond acceptors (Lipinski definition) is 2. The minimum absolute atomic E-state index is 0.0317. The van der Waals surface area contributed by atoms with Crippen LogP contribution in [0.4, 0.5) is 8.78 Å². The second kappa shape index (κ2) is 5.72. The van der Waals surface area contributed by atoms with E-state index in [0.717, 1.165) is 0 Å². The molecular formula is C14H9F2NOS. The molecule has 0 heterocycles. The van der Waals surface area contributed by atoms with Gasteiger partial charge in [0.25, 0.3) is 0 Å². The number of rotatable bonds is 3. The Balaban J connectivity index is 2.31. The Morgan fingerprint density at radius 3 is 2.53 bits per heavy atom. The second-order valence-electron chi connectivity index (χ2n) is 3.81. The summed E-state index contributed by atoms with van der Waals surface area (Å²) in [4.78, 5) is 0.0317. The lowest BCUT2D eigenvalue weighted by Gasteiger charge is -2.05. The van der Waals surface area contributed by atoms with Crippen molar-refractivity contribution >= 4 is 10.8 Å². The summed E-state index contributed by atoms with van der Waals surface area (Å²) in [6, 6.07) is 11.7. The van der Waals surface area contributed by atoms with Crippen LogP contribution in [0.25, 0.3) is 0 Å². The van der Waals surface area contributed by atoms with Gasteiger partial charge in [-0.15, -0.1) is 0 Å². The highest BCUT2D eigenvalue weighted by molar-refractivity contribution is 7.84. The molecule has 5 heteroatoms. The molecule has 1 atom stereocenters. The van der Waals surface area contributed by atoms with Crippen molar-refractivity contribution in [2.45, 2.75) is 10.6 Å². The van der Waals surface area contributed by atoms with Gasteiger partial charge in [0.1, 0.15) is 17.7 Å². The normalized spacial score (nSPS) is 11.8. The highest BCUT2D eigenvalue weighted by Crippen LogP contribution is 2.19. The van der Waals surface area contributed by atoms with Crippen LogP contribution in [0.3, 0.4) is 0 Å². The number of hydrogen-bond donors (Lipinski definition) is 0. The molecule has 1 unspecified atom stereocenters. The van der Waals surface area contributed by atoms with E-state index in [2.05, 4.69) is 0 Å². The van der Waals surface area contributed by atoms with E-state index in [0.29, 0.717) is 0 Å². The van der Waals surface area contributed by atoms with Gasteiger partial charge in [-0.1, -0.05) is 24.3 Å². The van der Waals surface area contributed by atoms with E-state index in [9.17, 15) is 13.0 Å². The van der Waals surface area contributed by atoms with Crippen LogP contribution in [0.15, 0.2) is 47.4 Å². The van der Waals surface area contributed by atoms with Crippen molar-refractivity contribution in [3.63, 3.8) is 0 Å². The van der Waals surface area contributed by atoms with E-state index in [4.69, 9.17) is 5.26 Å². The van der Waals surface area contributed by atoms with E-state index >= 15 is 0 Å². The summed E-state index contributed by atoms with van der Waals surface area (Å²) >= 11 is 0. The lowest BCUT2D eigenvalue weighted by Crippen LogP contribution is -2.02. The summed E-state index contributed by atoms with van der Waals surface area (Å²) in [7, 11) is -1.69. The summed E-state index contributed by atoms with van der Waals surface area (Å²) in [6.07, 6.45) is 0. The molecule has 0 aromatic heterocycles. The van der Waals surface area contributed by atoms with E-state index in [1.165, 1.54) is 36.4 Å². The van der Waals surface area contributed by atoms with E-state index in [1.54, 1.807) is 12.1 Å². The predicted octanol–water partition coefficient (Wildman–Crippen LogP) is 3.14. The van der Waals surface area contributed by atoms with Crippen LogP contribution in [-0.4, -0.2) is 4.21 Å². The van der Waals surface area contributed by atoms with Crippen molar-refractivity contribution in [1.82, 2.24) is 0 Å². The average molecular weight is 277 g/mol. The molecule has 0 radical (unpaired) electrons. The van der Waals surface area contributed by atoms with Crippen LogP contribution in [0, 0.1) is 23.0 Å². The topological polar surface area (TPSA) is 40.9 Å². The Bertz CT molecular complexity index is 679. The Hall–Kier alpha value is -2.06. The van der Waals surface area contributed by atoms with Crippen LogP contribution in [0.5, 0.6) is 0 Å². The summed E-state index contributed by atoms with van der Waals surface area (Å²) in [5.74, 6) is -1.45. The molecule has 0 saturated carbocycles. The molecule has 2 rings (SSSR count). The molecule has 0 saturated heterocycles. The summed E-state index contributed by atoms with van der Waals surface area (Å²) in [5.41, 5.74) is 0.0312. The highest BCUT2D eigenvalue weighted by Gasteiger charge is 2.14. The molecule has 0 amide bonds. The van der Waals surface area contributed by atoms with Crippen LogP contribution < -0.4 is 0 Å². The third-order valence-electron chi connectivity index (χ3n) is 2.57.